The summed E-state index contributed by atoms with van der Waals surface area (Å²) in [6.07, 6.45) is 1.51. The SMILES string of the molecule is CCC(=O)N1c2ccccc2NC2=C(C(=O)CC(C)(C)C2)[C@@H]1c1ccc2c(c1)OCO2. The molecule has 31 heavy (non-hydrogen) atoms. The Bertz CT molecular complexity index is 1120. The molecule has 0 saturated carbocycles. The Morgan fingerprint density at radius 3 is 2.71 bits per heavy atom. The van der Waals surface area contributed by atoms with Crippen LogP contribution in [0.15, 0.2) is 53.7 Å². The minimum absolute atomic E-state index is 0.0386. The number of amides is 1. The summed E-state index contributed by atoms with van der Waals surface area (Å²) in [5, 5.41) is 3.52. The van der Waals surface area contributed by atoms with Crippen molar-refractivity contribution >= 4 is 23.1 Å². The van der Waals surface area contributed by atoms with Crippen molar-refractivity contribution in [1.82, 2.24) is 0 Å². The maximum atomic E-state index is 13.5. The molecule has 160 valence electrons. The maximum Gasteiger partial charge on any atom is 0.231 e. The first kappa shape index (κ1) is 19.7. The fraction of sp³-hybridized carbons (Fsp3) is 0.360. The summed E-state index contributed by atoms with van der Waals surface area (Å²) >= 11 is 0. The Morgan fingerprint density at radius 1 is 1.13 bits per heavy atom. The van der Waals surface area contributed by atoms with Crippen molar-refractivity contribution in [1.29, 1.82) is 0 Å². The van der Waals surface area contributed by atoms with E-state index >= 15 is 0 Å². The quantitative estimate of drug-likeness (QED) is 0.746. The zero-order valence-electron chi connectivity index (χ0n) is 18.0. The van der Waals surface area contributed by atoms with Gasteiger partial charge in [-0.1, -0.05) is 39.0 Å². The number of rotatable bonds is 2. The molecule has 2 aromatic carbocycles. The molecule has 0 saturated heterocycles. The average Bonchev–Trinajstić information content (AvgIpc) is 3.14. The highest BCUT2D eigenvalue weighted by molar-refractivity contribution is 6.06. The molecule has 0 unspecified atom stereocenters. The molecule has 1 amide bonds. The number of anilines is 2. The molecular formula is C25H26N2O4. The van der Waals surface area contributed by atoms with Gasteiger partial charge in [0.1, 0.15) is 0 Å². The van der Waals surface area contributed by atoms with Crippen LogP contribution in [0.5, 0.6) is 11.5 Å². The van der Waals surface area contributed by atoms with E-state index in [0.717, 1.165) is 29.1 Å². The monoisotopic (exact) mass is 418 g/mol. The number of nitrogens with one attached hydrogen (secondary N) is 1. The number of allylic oxidation sites excluding steroid dienone is 1. The Kier molecular flexibility index (Phi) is 4.54. The predicted octanol–water partition coefficient (Wildman–Crippen LogP) is 4.97. The molecule has 2 aromatic rings. The van der Waals surface area contributed by atoms with Gasteiger partial charge in [-0.15, -0.1) is 0 Å². The van der Waals surface area contributed by atoms with Crippen molar-refractivity contribution in [3.8, 4) is 11.5 Å². The van der Waals surface area contributed by atoms with Crippen molar-refractivity contribution in [3.05, 3.63) is 59.3 Å². The summed E-state index contributed by atoms with van der Waals surface area (Å²) in [6.45, 7) is 6.24. The summed E-state index contributed by atoms with van der Waals surface area (Å²) < 4.78 is 11.1. The highest BCUT2D eigenvalue weighted by Gasteiger charge is 2.43. The summed E-state index contributed by atoms with van der Waals surface area (Å²) in [7, 11) is 0. The first-order valence-electron chi connectivity index (χ1n) is 10.7. The number of ether oxygens (including phenoxy) is 2. The summed E-state index contributed by atoms with van der Waals surface area (Å²) in [5.74, 6) is 1.35. The van der Waals surface area contributed by atoms with Crippen molar-refractivity contribution in [3.63, 3.8) is 0 Å². The van der Waals surface area contributed by atoms with E-state index in [0.29, 0.717) is 29.9 Å². The zero-order chi connectivity index (χ0) is 21.8. The third kappa shape index (κ3) is 3.26. The predicted molar refractivity (Wildman–Crippen MR) is 118 cm³/mol. The van der Waals surface area contributed by atoms with E-state index < -0.39 is 6.04 Å². The smallest absolute Gasteiger partial charge is 0.231 e. The third-order valence-electron chi connectivity index (χ3n) is 6.18. The second-order valence-electron chi connectivity index (χ2n) is 9.11. The fourth-order valence-corrected chi connectivity index (χ4v) is 4.83. The Labute approximate surface area is 181 Å². The van der Waals surface area contributed by atoms with Gasteiger partial charge in [0, 0.05) is 24.1 Å². The summed E-state index contributed by atoms with van der Waals surface area (Å²) in [5.41, 5.74) is 3.85. The molecule has 1 N–H and O–H groups in total. The molecule has 1 aliphatic carbocycles. The highest BCUT2D eigenvalue weighted by atomic mass is 16.7. The number of nitrogens with zero attached hydrogens (tertiary/aromatic N) is 1. The molecule has 2 heterocycles. The van der Waals surface area contributed by atoms with E-state index in [9.17, 15) is 9.59 Å². The third-order valence-corrected chi connectivity index (χ3v) is 6.18. The number of carbonyl (C=O) groups excluding carboxylic acids is 2. The normalized spacial score (nSPS) is 21.2. The van der Waals surface area contributed by atoms with E-state index in [2.05, 4.69) is 19.2 Å². The lowest BCUT2D eigenvalue weighted by atomic mass is 9.73. The molecular weight excluding hydrogens is 392 g/mol. The van der Waals surface area contributed by atoms with Crippen LogP contribution < -0.4 is 19.7 Å². The number of benzene rings is 2. The Hall–Kier alpha value is -3.28. The zero-order valence-corrected chi connectivity index (χ0v) is 18.0. The van der Waals surface area contributed by atoms with E-state index in [-0.39, 0.29) is 23.9 Å². The molecule has 0 radical (unpaired) electrons. The van der Waals surface area contributed by atoms with Crippen LogP contribution >= 0.6 is 0 Å². The largest absolute Gasteiger partial charge is 0.454 e. The second kappa shape index (κ2) is 7.15. The molecule has 0 fully saturated rings. The van der Waals surface area contributed by atoms with Crippen LogP contribution in [-0.4, -0.2) is 18.5 Å². The number of ketones is 1. The van der Waals surface area contributed by atoms with Crippen LogP contribution in [0.25, 0.3) is 0 Å². The lowest BCUT2D eigenvalue weighted by Crippen LogP contribution is -2.39. The molecule has 0 aromatic heterocycles. The number of fused-ring (bicyclic) bond motifs is 2. The van der Waals surface area contributed by atoms with E-state index in [1.807, 2.05) is 49.4 Å². The topological polar surface area (TPSA) is 67.9 Å². The van der Waals surface area contributed by atoms with Crippen LogP contribution in [-0.2, 0) is 9.59 Å². The van der Waals surface area contributed by atoms with E-state index in [4.69, 9.17) is 9.47 Å². The van der Waals surface area contributed by atoms with Crippen LogP contribution in [0.3, 0.4) is 0 Å². The van der Waals surface area contributed by atoms with Crippen LogP contribution in [0.1, 0.15) is 51.6 Å². The van der Waals surface area contributed by atoms with Gasteiger partial charge in [-0.25, -0.2) is 0 Å². The van der Waals surface area contributed by atoms with Gasteiger partial charge in [-0.3, -0.25) is 14.5 Å². The standard InChI is InChI=1S/C25H26N2O4/c1-4-22(29)27-18-8-6-5-7-16(18)26-17-12-25(2,3)13-19(28)23(17)24(27)15-9-10-20-21(11-15)31-14-30-20/h5-11,24,26H,4,12-14H2,1-3H3/t24-/m0/s1. The van der Waals surface area contributed by atoms with Gasteiger partial charge in [0.2, 0.25) is 12.7 Å². The molecule has 0 bridgehead atoms. The van der Waals surface area contributed by atoms with E-state index in [1.54, 1.807) is 4.90 Å². The first-order valence-corrected chi connectivity index (χ1v) is 10.7. The molecule has 3 aliphatic rings. The minimum atomic E-state index is -0.531. The van der Waals surface area contributed by atoms with E-state index in [1.165, 1.54) is 0 Å². The summed E-state index contributed by atoms with van der Waals surface area (Å²) in [4.78, 5) is 28.6. The van der Waals surface area contributed by atoms with Crippen molar-refractivity contribution < 1.29 is 19.1 Å². The number of Topliss-reactive ketones (excluding diaryl/α,β-unsaturated/α-hetero) is 1. The highest BCUT2D eigenvalue weighted by Crippen LogP contribution is 2.49. The molecule has 1 atom stereocenters. The van der Waals surface area contributed by atoms with Gasteiger partial charge in [0.15, 0.2) is 17.3 Å². The van der Waals surface area contributed by atoms with Crippen LogP contribution in [0.2, 0.25) is 0 Å². The second-order valence-corrected chi connectivity index (χ2v) is 9.11. The molecule has 5 rings (SSSR count). The van der Waals surface area contributed by atoms with Crippen molar-refractivity contribution in [2.24, 2.45) is 5.41 Å². The van der Waals surface area contributed by atoms with Gasteiger partial charge >= 0.3 is 0 Å². The van der Waals surface area contributed by atoms with Gasteiger partial charge in [0.25, 0.3) is 0 Å². The number of hydrogen-bond acceptors (Lipinski definition) is 5. The molecule has 2 aliphatic heterocycles. The van der Waals surface area contributed by atoms with Crippen molar-refractivity contribution in [2.75, 3.05) is 17.0 Å². The van der Waals surface area contributed by atoms with Gasteiger partial charge in [0.05, 0.1) is 17.4 Å². The van der Waals surface area contributed by atoms with Crippen LogP contribution in [0, 0.1) is 5.41 Å². The van der Waals surface area contributed by atoms with Gasteiger partial charge in [-0.2, -0.15) is 0 Å². The number of hydrogen-bond donors (Lipinski definition) is 1. The molecule has 6 heteroatoms. The van der Waals surface area contributed by atoms with Gasteiger partial charge in [-0.05, 0) is 41.7 Å². The van der Waals surface area contributed by atoms with Crippen LogP contribution in [0.4, 0.5) is 11.4 Å². The number of carbonyl (C=O) groups is 2. The Balaban J connectivity index is 1.77. The maximum absolute atomic E-state index is 13.5. The first-order chi connectivity index (χ1) is 14.9. The fourth-order valence-electron chi connectivity index (χ4n) is 4.83. The average molecular weight is 418 g/mol. The minimum Gasteiger partial charge on any atom is -0.454 e. The number of para-hydroxylation sites is 2. The molecule has 6 nitrogen and oxygen atoms in total. The molecule has 0 spiro atoms. The summed E-state index contributed by atoms with van der Waals surface area (Å²) in [6, 6.07) is 12.9. The lowest BCUT2D eigenvalue weighted by molar-refractivity contribution is -0.119. The lowest BCUT2D eigenvalue weighted by Gasteiger charge is -2.37. The van der Waals surface area contributed by atoms with Crippen molar-refractivity contribution in [2.45, 2.75) is 46.1 Å². The van der Waals surface area contributed by atoms with Gasteiger partial charge < -0.3 is 14.8 Å². The Morgan fingerprint density at radius 2 is 1.90 bits per heavy atom.